The number of rotatable bonds is 2. The van der Waals surface area contributed by atoms with Crippen molar-refractivity contribution in [3.8, 4) is 0 Å². The number of H-pyrrole nitrogens is 1. The van der Waals surface area contributed by atoms with Crippen LogP contribution in [0.5, 0.6) is 0 Å². The van der Waals surface area contributed by atoms with E-state index < -0.39 is 29.6 Å². The third-order valence-electron chi connectivity index (χ3n) is 4.47. The molecule has 24 heavy (non-hydrogen) atoms. The highest BCUT2D eigenvalue weighted by molar-refractivity contribution is 6.06. The third kappa shape index (κ3) is 3.44. The summed E-state index contributed by atoms with van der Waals surface area (Å²) in [5.74, 6) is -1.89. The van der Waals surface area contributed by atoms with E-state index in [2.05, 4.69) is 10.3 Å². The van der Waals surface area contributed by atoms with Crippen LogP contribution in [0.4, 0.5) is 13.2 Å². The van der Waals surface area contributed by atoms with Crippen molar-refractivity contribution in [2.45, 2.75) is 37.9 Å². The topological polar surface area (TPSA) is 62.0 Å². The molecule has 1 aliphatic rings. The Morgan fingerprint density at radius 3 is 2.71 bits per heavy atom. The van der Waals surface area contributed by atoms with Crippen LogP contribution in [-0.4, -0.2) is 23.1 Å². The number of hydrogen-bond donors (Lipinski definition) is 2. The van der Waals surface area contributed by atoms with Crippen LogP contribution in [0.3, 0.4) is 0 Å². The van der Waals surface area contributed by atoms with Gasteiger partial charge in [0.1, 0.15) is 0 Å². The van der Waals surface area contributed by atoms with Gasteiger partial charge in [-0.15, -0.1) is 0 Å². The monoisotopic (exact) mass is 338 g/mol. The molecule has 2 N–H and O–H groups in total. The average molecular weight is 338 g/mol. The van der Waals surface area contributed by atoms with Gasteiger partial charge in [-0.3, -0.25) is 9.59 Å². The number of amides is 1. The number of aromatic amines is 1. The SMILES string of the molecule is O=C(N[C@H]1CCC[C@H](C(F)(F)F)C1)c1cc(=O)[nH]c2ccccc12. The van der Waals surface area contributed by atoms with Crippen molar-refractivity contribution in [1.82, 2.24) is 10.3 Å². The fraction of sp³-hybridized carbons (Fsp3) is 0.412. The molecule has 0 aliphatic heterocycles. The van der Waals surface area contributed by atoms with Crippen LogP contribution in [0, 0.1) is 5.92 Å². The minimum Gasteiger partial charge on any atom is -0.349 e. The number of benzene rings is 1. The van der Waals surface area contributed by atoms with Gasteiger partial charge < -0.3 is 10.3 Å². The molecule has 2 atom stereocenters. The van der Waals surface area contributed by atoms with Gasteiger partial charge in [0.2, 0.25) is 5.56 Å². The predicted molar refractivity (Wildman–Crippen MR) is 83.8 cm³/mol. The fourth-order valence-corrected chi connectivity index (χ4v) is 3.27. The quantitative estimate of drug-likeness (QED) is 0.882. The summed E-state index contributed by atoms with van der Waals surface area (Å²) < 4.78 is 38.6. The fourth-order valence-electron chi connectivity index (χ4n) is 3.27. The number of hydrogen-bond acceptors (Lipinski definition) is 2. The minimum atomic E-state index is -4.24. The van der Waals surface area contributed by atoms with Gasteiger partial charge >= 0.3 is 6.18 Å². The second kappa shape index (κ2) is 6.30. The highest BCUT2D eigenvalue weighted by Crippen LogP contribution is 2.37. The zero-order valence-electron chi connectivity index (χ0n) is 12.8. The molecule has 0 radical (unpaired) electrons. The lowest BCUT2D eigenvalue weighted by atomic mass is 9.85. The van der Waals surface area contributed by atoms with Gasteiger partial charge in [0.15, 0.2) is 0 Å². The second-order valence-corrected chi connectivity index (χ2v) is 6.17. The summed E-state index contributed by atoms with van der Waals surface area (Å²) in [4.78, 5) is 26.8. The number of pyridine rings is 1. The maximum absolute atomic E-state index is 12.9. The van der Waals surface area contributed by atoms with Crippen LogP contribution in [0.25, 0.3) is 10.9 Å². The smallest absolute Gasteiger partial charge is 0.349 e. The van der Waals surface area contributed by atoms with Crippen molar-refractivity contribution in [3.05, 3.63) is 46.2 Å². The molecule has 1 aromatic heterocycles. The maximum atomic E-state index is 12.9. The molecule has 3 rings (SSSR count). The van der Waals surface area contributed by atoms with Gasteiger partial charge in [-0.2, -0.15) is 13.2 Å². The van der Waals surface area contributed by atoms with Crippen molar-refractivity contribution in [2.24, 2.45) is 5.92 Å². The van der Waals surface area contributed by atoms with E-state index >= 15 is 0 Å². The van der Waals surface area contributed by atoms with E-state index in [0.717, 1.165) is 0 Å². The number of carbonyl (C=O) groups is 1. The first-order chi connectivity index (χ1) is 11.3. The standard InChI is InChI=1S/C17H17F3N2O2/c18-17(19,20)10-4-3-5-11(8-10)21-16(24)13-9-15(23)22-14-7-2-1-6-12(13)14/h1-2,6-7,9-11H,3-5,8H2,(H,21,24)(H,22,23)/t10-,11-/m0/s1. The van der Waals surface area contributed by atoms with Crippen LogP contribution in [0.15, 0.2) is 35.1 Å². The molecule has 4 nitrogen and oxygen atoms in total. The van der Waals surface area contributed by atoms with Crippen molar-refractivity contribution < 1.29 is 18.0 Å². The summed E-state index contributed by atoms with van der Waals surface area (Å²) in [6.07, 6.45) is -3.31. The largest absolute Gasteiger partial charge is 0.391 e. The van der Waals surface area contributed by atoms with Gasteiger partial charge in [-0.25, -0.2) is 0 Å². The van der Waals surface area contributed by atoms with E-state index in [1.54, 1.807) is 24.3 Å². The summed E-state index contributed by atoms with van der Waals surface area (Å²) in [5.41, 5.74) is 0.283. The normalized spacial score (nSPS) is 21.6. The molecule has 0 unspecified atom stereocenters. The Morgan fingerprint density at radius 2 is 1.96 bits per heavy atom. The highest BCUT2D eigenvalue weighted by atomic mass is 19.4. The molecule has 2 aromatic rings. The number of aromatic nitrogens is 1. The van der Waals surface area contributed by atoms with Crippen LogP contribution in [0.2, 0.25) is 0 Å². The lowest BCUT2D eigenvalue weighted by molar-refractivity contribution is -0.183. The Morgan fingerprint density at radius 1 is 1.21 bits per heavy atom. The molecule has 1 aromatic carbocycles. The number of nitrogens with one attached hydrogen (secondary N) is 2. The van der Waals surface area contributed by atoms with E-state index in [1.807, 2.05) is 0 Å². The molecule has 1 heterocycles. The third-order valence-corrected chi connectivity index (χ3v) is 4.47. The summed E-state index contributed by atoms with van der Waals surface area (Å²) in [5, 5.41) is 3.23. The van der Waals surface area contributed by atoms with E-state index in [9.17, 15) is 22.8 Å². The first-order valence-corrected chi connectivity index (χ1v) is 7.84. The molecule has 0 bridgehead atoms. The molecule has 1 saturated carbocycles. The predicted octanol–water partition coefficient (Wildman–Crippen LogP) is 3.38. The summed E-state index contributed by atoms with van der Waals surface area (Å²) in [6.45, 7) is 0. The molecular weight excluding hydrogens is 321 g/mol. The molecular formula is C17H17F3N2O2. The van der Waals surface area contributed by atoms with Crippen LogP contribution in [-0.2, 0) is 0 Å². The number of fused-ring (bicyclic) bond motifs is 1. The Labute approximate surface area is 136 Å². The van der Waals surface area contributed by atoms with Gasteiger partial charge in [0, 0.05) is 23.0 Å². The Bertz CT molecular complexity index is 813. The van der Waals surface area contributed by atoms with Gasteiger partial charge in [0.05, 0.1) is 11.5 Å². The van der Waals surface area contributed by atoms with Crippen LogP contribution in [0.1, 0.15) is 36.0 Å². The van der Waals surface area contributed by atoms with E-state index in [1.165, 1.54) is 6.07 Å². The Kier molecular flexibility index (Phi) is 4.34. The van der Waals surface area contributed by atoms with Crippen molar-refractivity contribution >= 4 is 16.8 Å². The van der Waals surface area contributed by atoms with Crippen LogP contribution >= 0.6 is 0 Å². The van der Waals surface area contributed by atoms with Crippen molar-refractivity contribution in [1.29, 1.82) is 0 Å². The molecule has 7 heteroatoms. The zero-order valence-corrected chi connectivity index (χ0v) is 12.8. The van der Waals surface area contributed by atoms with Gasteiger partial charge in [-0.05, 0) is 25.3 Å². The number of alkyl halides is 3. The molecule has 128 valence electrons. The lowest BCUT2D eigenvalue weighted by Crippen LogP contribution is -2.41. The van der Waals surface area contributed by atoms with E-state index in [0.29, 0.717) is 23.7 Å². The molecule has 1 fully saturated rings. The average Bonchev–Trinajstić information content (AvgIpc) is 2.53. The first kappa shape index (κ1) is 16.5. The van der Waals surface area contributed by atoms with Gasteiger partial charge in [0.25, 0.3) is 5.91 Å². The van der Waals surface area contributed by atoms with Crippen molar-refractivity contribution in [2.75, 3.05) is 0 Å². The number of halogens is 3. The number of carbonyl (C=O) groups excluding carboxylic acids is 1. The van der Waals surface area contributed by atoms with Gasteiger partial charge in [-0.1, -0.05) is 24.6 Å². The number of para-hydroxylation sites is 1. The maximum Gasteiger partial charge on any atom is 0.391 e. The zero-order chi connectivity index (χ0) is 17.3. The van der Waals surface area contributed by atoms with Crippen LogP contribution < -0.4 is 10.9 Å². The highest BCUT2D eigenvalue weighted by Gasteiger charge is 2.42. The molecule has 0 saturated heterocycles. The summed E-state index contributed by atoms with van der Waals surface area (Å²) in [7, 11) is 0. The van der Waals surface area contributed by atoms with Crippen molar-refractivity contribution in [3.63, 3.8) is 0 Å². The Hall–Kier alpha value is -2.31. The summed E-state index contributed by atoms with van der Waals surface area (Å²) in [6, 6.07) is 7.48. The van der Waals surface area contributed by atoms with E-state index in [-0.39, 0.29) is 18.4 Å². The van der Waals surface area contributed by atoms with E-state index in [4.69, 9.17) is 0 Å². The minimum absolute atomic E-state index is 0.101. The second-order valence-electron chi connectivity index (χ2n) is 6.17. The molecule has 0 spiro atoms. The molecule has 1 aliphatic carbocycles. The molecule has 1 amide bonds. The summed E-state index contributed by atoms with van der Waals surface area (Å²) >= 11 is 0. The first-order valence-electron chi connectivity index (χ1n) is 7.84. The lowest BCUT2D eigenvalue weighted by Gasteiger charge is -2.31. The Balaban J connectivity index is 1.82.